The van der Waals surface area contributed by atoms with Gasteiger partial charge in [-0.3, -0.25) is 4.90 Å². The van der Waals surface area contributed by atoms with Gasteiger partial charge in [0.15, 0.2) is 0 Å². The lowest BCUT2D eigenvalue weighted by Crippen LogP contribution is -2.51. The van der Waals surface area contributed by atoms with E-state index in [4.69, 9.17) is 9.47 Å². The lowest BCUT2D eigenvalue weighted by Gasteiger charge is -2.33. The first kappa shape index (κ1) is 15.1. The zero-order valence-electron chi connectivity index (χ0n) is 12.6. The molecule has 1 aromatic rings. The minimum atomic E-state index is 0.648. The molecule has 0 spiro atoms. The Labute approximate surface area is 122 Å². The number of nitrogens with one attached hydrogen (secondary N) is 1. The molecule has 1 heterocycles. The van der Waals surface area contributed by atoms with Gasteiger partial charge < -0.3 is 14.8 Å². The van der Waals surface area contributed by atoms with Gasteiger partial charge in [0.2, 0.25) is 0 Å². The van der Waals surface area contributed by atoms with E-state index in [1.54, 1.807) is 7.11 Å². The van der Waals surface area contributed by atoms with Crippen LogP contribution >= 0.6 is 0 Å². The van der Waals surface area contributed by atoms with Gasteiger partial charge in [0.05, 0.1) is 7.11 Å². The Morgan fingerprint density at radius 3 is 2.70 bits per heavy atom. The van der Waals surface area contributed by atoms with E-state index in [1.165, 1.54) is 12.8 Å². The van der Waals surface area contributed by atoms with Crippen molar-refractivity contribution >= 4 is 0 Å². The molecule has 0 radical (unpaired) electrons. The third-order valence-corrected chi connectivity index (χ3v) is 3.71. The Hall–Kier alpha value is -1.26. The summed E-state index contributed by atoms with van der Waals surface area (Å²) in [6.07, 6.45) is 2.50. The normalized spacial score (nSPS) is 19.8. The van der Waals surface area contributed by atoms with Crippen LogP contribution in [-0.2, 0) is 0 Å². The van der Waals surface area contributed by atoms with Crippen LogP contribution in [0, 0.1) is 0 Å². The smallest absolute Gasteiger partial charge is 0.119 e. The van der Waals surface area contributed by atoms with Crippen LogP contribution in [0.25, 0.3) is 0 Å². The molecule has 1 aliphatic heterocycles. The number of rotatable bonds is 7. The summed E-state index contributed by atoms with van der Waals surface area (Å²) in [6, 6.07) is 8.41. The summed E-state index contributed by atoms with van der Waals surface area (Å²) in [5.74, 6) is 1.77. The predicted octanol–water partition coefficient (Wildman–Crippen LogP) is 2.15. The van der Waals surface area contributed by atoms with Gasteiger partial charge in [-0.15, -0.1) is 0 Å². The monoisotopic (exact) mass is 278 g/mol. The van der Waals surface area contributed by atoms with Crippen LogP contribution in [0.3, 0.4) is 0 Å². The topological polar surface area (TPSA) is 33.7 Å². The van der Waals surface area contributed by atoms with Crippen LogP contribution < -0.4 is 14.8 Å². The van der Waals surface area contributed by atoms with Crippen LogP contribution in [0.5, 0.6) is 11.5 Å². The van der Waals surface area contributed by atoms with Gasteiger partial charge in [0, 0.05) is 32.2 Å². The summed E-state index contributed by atoms with van der Waals surface area (Å²) < 4.78 is 10.9. The molecule has 1 fully saturated rings. The highest BCUT2D eigenvalue weighted by Gasteiger charge is 2.17. The Morgan fingerprint density at radius 1 is 1.25 bits per heavy atom. The molecule has 1 N–H and O–H groups in total. The van der Waals surface area contributed by atoms with Gasteiger partial charge in [-0.1, -0.05) is 13.3 Å². The van der Waals surface area contributed by atoms with Crippen LogP contribution in [0.1, 0.15) is 19.8 Å². The van der Waals surface area contributed by atoms with Crippen molar-refractivity contribution in [2.75, 3.05) is 39.9 Å². The molecule has 1 aromatic carbocycles. The molecule has 1 atom stereocenters. The van der Waals surface area contributed by atoms with Crippen LogP contribution in [0.2, 0.25) is 0 Å². The highest BCUT2D eigenvalue weighted by molar-refractivity contribution is 5.31. The van der Waals surface area contributed by atoms with Crippen LogP contribution in [0.4, 0.5) is 0 Å². The van der Waals surface area contributed by atoms with Crippen molar-refractivity contribution in [3.8, 4) is 11.5 Å². The molecule has 1 aliphatic rings. The predicted molar refractivity (Wildman–Crippen MR) is 81.6 cm³/mol. The number of benzene rings is 1. The third-order valence-electron chi connectivity index (χ3n) is 3.71. The fraction of sp³-hybridized carbons (Fsp3) is 0.625. The molecule has 4 nitrogen and oxygen atoms in total. The summed E-state index contributed by atoms with van der Waals surface area (Å²) in [7, 11) is 1.67. The van der Waals surface area contributed by atoms with Gasteiger partial charge >= 0.3 is 0 Å². The molecular weight excluding hydrogens is 252 g/mol. The molecule has 1 saturated heterocycles. The van der Waals surface area contributed by atoms with Gasteiger partial charge in [0.25, 0.3) is 0 Å². The molecule has 0 amide bonds. The van der Waals surface area contributed by atoms with Crippen molar-refractivity contribution in [3.05, 3.63) is 24.3 Å². The maximum Gasteiger partial charge on any atom is 0.119 e. The van der Waals surface area contributed by atoms with E-state index in [9.17, 15) is 0 Å². The first-order chi connectivity index (χ1) is 9.81. The van der Waals surface area contributed by atoms with Crippen molar-refractivity contribution in [1.82, 2.24) is 10.2 Å². The zero-order valence-corrected chi connectivity index (χ0v) is 12.6. The average molecular weight is 278 g/mol. The molecule has 2 rings (SSSR count). The van der Waals surface area contributed by atoms with E-state index in [0.717, 1.165) is 44.3 Å². The molecule has 0 saturated carbocycles. The highest BCUT2D eigenvalue weighted by atomic mass is 16.5. The van der Waals surface area contributed by atoms with E-state index in [0.29, 0.717) is 6.04 Å². The van der Waals surface area contributed by atoms with Crippen LogP contribution in [-0.4, -0.2) is 50.8 Å². The molecule has 4 heteroatoms. The lowest BCUT2D eigenvalue weighted by atomic mass is 10.1. The Morgan fingerprint density at radius 2 is 2.00 bits per heavy atom. The molecular formula is C16H26N2O2. The fourth-order valence-corrected chi connectivity index (χ4v) is 2.60. The third kappa shape index (κ3) is 4.69. The standard InChI is InChI=1S/C16H26N2O2/c1-3-4-14-13-18(10-9-17-14)11-12-20-16-7-5-15(19-2)6-8-16/h5-8,14,17H,3-4,9-13H2,1-2H3. The summed E-state index contributed by atoms with van der Waals surface area (Å²) in [5, 5.41) is 3.57. The average Bonchev–Trinajstić information content (AvgIpc) is 2.49. The van der Waals surface area contributed by atoms with E-state index in [-0.39, 0.29) is 0 Å². The second-order valence-corrected chi connectivity index (χ2v) is 5.26. The highest BCUT2D eigenvalue weighted by Crippen LogP contribution is 2.17. The van der Waals surface area contributed by atoms with Crippen molar-refractivity contribution in [3.63, 3.8) is 0 Å². The minimum Gasteiger partial charge on any atom is -0.497 e. The minimum absolute atomic E-state index is 0.648. The maximum absolute atomic E-state index is 5.79. The number of hydrogen-bond acceptors (Lipinski definition) is 4. The second kappa shape index (κ2) is 8.12. The number of methoxy groups -OCH3 is 1. The SMILES string of the molecule is CCCC1CN(CCOc2ccc(OC)cc2)CCN1. The van der Waals surface area contributed by atoms with E-state index in [1.807, 2.05) is 24.3 Å². The number of piperazine rings is 1. The van der Waals surface area contributed by atoms with Crippen molar-refractivity contribution in [2.24, 2.45) is 0 Å². The van der Waals surface area contributed by atoms with Crippen molar-refractivity contribution in [2.45, 2.75) is 25.8 Å². The van der Waals surface area contributed by atoms with Crippen LogP contribution in [0.15, 0.2) is 24.3 Å². The van der Waals surface area contributed by atoms with Crippen molar-refractivity contribution < 1.29 is 9.47 Å². The molecule has 112 valence electrons. The van der Waals surface area contributed by atoms with Gasteiger partial charge in [-0.25, -0.2) is 0 Å². The first-order valence-electron chi connectivity index (χ1n) is 7.54. The Balaban J connectivity index is 1.69. The molecule has 20 heavy (non-hydrogen) atoms. The van der Waals surface area contributed by atoms with E-state index >= 15 is 0 Å². The lowest BCUT2D eigenvalue weighted by molar-refractivity contribution is 0.162. The number of ether oxygens (including phenoxy) is 2. The number of hydrogen-bond donors (Lipinski definition) is 1. The molecule has 1 unspecified atom stereocenters. The fourth-order valence-electron chi connectivity index (χ4n) is 2.60. The molecule has 0 aromatic heterocycles. The van der Waals surface area contributed by atoms with Gasteiger partial charge in [0.1, 0.15) is 18.1 Å². The quantitative estimate of drug-likeness (QED) is 0.828. The summed E-state index contributed by atoms with van der Waals surface area (Å²) >= 11 is 0. The second-order valence-electron chi connectivity index (χ2n) is 5.26. The number of nitrogens with zero attached hydrogens (tertiary/aromatic N) is 1. The first-order valence-corrected chi connectivity index (χ1v) is 7.54. The largest absolute Gasteiger partial charge is 0.497 e. The Kier molecular flexibility index (Phi) is 6.15. The zero-order chi connectivity index (χ0) is 14.2. The molecule has 0 aliphatic carbocycles. The Bertz CT molecular complexity index is 379. The summed E-state index contributed by atoms with van der Waals surface area (Å²) in [4.78, 5) is 2.49. The van der Waals surface area contributed by atoms with Gasteiger partial charge in [-0.2, -0.15) is 0 Å². The van der Waals surface area contributed by atoms with Crippen molar-refractivity contribution in [1.29, 1.82) is 0 Å². The van der Waals surface area contributed by atoms with E-state index < -0.39 is 0 Å². The maximum atomic E-state index is 5.79. The summed E-state index contributed by atoms with van der Waals surface area (Å²) in [6.45, 7) is 7.33. The summed E-state index contributed by atoms with van der Waals surface area (Å²) in [5.41, 5.74) is 0. The molecule has 0 bridgehead atoms. The van der Waals surface area contributed by atoms with E-state index in [2.05, 4.69) is 17.1 Å². The van der Waals surface area contributed by atoms with Gasteiger partial charge in [-0.05, 0) is 30.7 Å².